The predicted octanol–water partition coefficient (Wildman–Crippen LogP) is 3.17. The predicted molar refractivity (Wildman–Crippen MR) is 55.0 cm³/mol. The van der Waals surface area contributed by atoms with Gasteiger partial charge in [-0.2, -0.15) is 0 Å². The van der Waals surface area contributed by atoms with E-state index in [1.807, 2.05) is 12.1 Å². The van der Waals surface area contributed by atoms with Gasteiger partial charge in [-0.1, -0.05) is 17.3 Å². The smallest absolute Gasteiger partial charge is 0.0443 e. The summed E-state index contributed by atoms with van der Waals surface area (Å²) in [6.07, 6.45) is 7.09. The molecule has 0 amide bonds. The maximum absolute atomic E-state index is 8.02. The molecule has 0 aliphatic rings. The highest BCUT2D eigenvalue weighted by atomic mass is 79.9. The Hall–Kier alpha value is -1.32. The number of hydrogen-bond acceptors (Lipinski definition) is 2. The number of pyridine rings is 1. The molecule has 0 aliphatic heterocycles. The van der Waals surface area contributed by atoms with Gasteiger partial charge in [0.15, 0.2) is 0 Å². The number of azide groups is 1. The van der Waals surface area contributed by atoms with Gasteiger partial charge < -0.3 is 0 Å². The summed E-state index contributed by atoms with van der Waals surface area (Å²) in [4.78, 5) is 6.57. The maximum atomic E-state index is 8.02. The Labute approximate surface area is 84.1 Å². The van der Waals surface area contributed by atoms with Crippen LogP contribution < -0.4 is 0 Å². The molecular weight excluding hydrogens is 232 g/mol. The van der Waals surface area contributed by atoms with Gasteiger partial charge in [-0.05, 0) is 33.1 Å². The van der Waals surface area contributed by atoms with Crippen molar-refractivity contribution >= 4 is 22.0 Å². The molecule has 0 aromatic carbocycles. The molecule has 0 radical (unpaired) electrons. The van der Waals surface area contributed by atoms with Crippen LogP contribution >= 0.6 is 15.9 Å². The van der Waals surface area contributed by atoms with Crippen molar-refractivity contribution in [1.82, 2.24) is 4.98 Å². The van der Waals surface area contributed by atoms with Crippen molar-refractivity contribution in [3.63, 3.8) is 0 Å². The number of halogens is 1. The zero-order valence-electron chi connectivity index (χ0n) is 6.76. The molecule has 0 atom stereocenters. The minimum atomic E-state index is 0.366. The van der Waals surface area contributed by atoms with Crippen LogP contribution in [0.5, 0.6) is 0 Å². The fourth-order valence-corrected chi connectivity index (χ4v) is 1.17. The first-order valence-electron chi connectivity index (χ1n) is 3.61. The fourth-order valence-electron chi connectivity index (χ4n) is 0.784. The highest BCUT2D eigenvalue weighted by molar-refractivity contribution is 9.10. The molecule has 1 aromatic rings. The number of nitrogens with zero attached hydrogens (tertiary/aromatic N) is 4. The summed E-state index contributed by atoms with van der Waals surface area (Å²) in [6.45, 7) is 0.366. The molecule has 1 heterocycles. The second-order valence-corrected chi connectivity index (χ2v) is 3.07. The average molecular weight is 239 g/mol. The summed E-state index contributed by atoms with van der Waals surface area (Å²) in [5.41, 5.74) is 9.04. The third-order valence-electron chi connectivity index (χ3n) is 1.35. The van der Waals surface area contributed by atoms with Gasteiger partial charge in [-0.15, -0.1) is 0 Å². The van der Waals surface area contributed by atoms with Crippen molar-refractivity contribution in [3.8, 4) is 0 Å². The van der Waals surface area contributed by atoms with Gasteiger partial charge >= 0.3 is 0 Å². The highest BCUT2D eigenvalue weighted by Crippen LogP contribution is 2.15. The van der Waals surface area contributed by atoms with Crippen LogP contribution in [0, 0.1) is 0 Å². The van der Waals surface area contributed by atoms with Crippen LogP contribution in [0.15, 0.2) is 34.1 Å². The lowest BCUT2D eigenvalue weighted by atomic mass is 10.2. The van der Waals surface area contributed by atoms with E-state index in [2.05, 4.69) is 30.9 Å². The van der Waals surface area contributed by atoms with E-state index in [4.69, 9.17) is 5.53 Å². The van der Waals surface area contributed by atoms with Crippen molar-refractivity contribution in [2.45, 2.75) is 0 Å². The second-order valence-electron chi connectivity index (χ2n) is 2.21. The van der Waals surface area contributed by atoms with Crippen LogP contribution in [0.2, 0.25) is 0 Å². The van der Waals surface area contributed by atoms with Crippen molar-refractivity contribution in [2.75, 3.05) is 6.54 Å². The van der Waals surface area contributed by atoms with Gasteiger partial charge in [-0.3, -0.25) is 4.98 Å². The summed E-state index contributed by atoms with van der Waals surface area (Å²) >= 11 is 3.35. The maximum Gasteiger partial charge on any atom is 0.0443 e. The molecule has 1 aromatic heterocycles. The Morgan fingerprint density at radius 3 is 3.23 bits per heavy atom. The van der Waals surface area contributed by atoms with Gasteiger partial charge in [0.25, 0.3) is 0 Å². The third kappa shape index (κ3) is 3.27. The van der Waals surface area contributed by atoms with Crippen LogP contribution in [-0.4, -0.2) is 11.5 Å². The lowest BCUT2D eigenvalue weighted by Gasteiger charge is -1.94. The van der Waals surface area contributed by atoms with Crippen LogP contribution in [-0.2, 0) is 0 Å². The van der Waals surface area contributed by atoms with Crippen molar-refractivity contribution in [1.29, 1.82) is 0 Å². The quantitative estimate of drug-likeness (QED) is 0.454. The van der Waals surface area contributed by atoms with E-state index in [0.29, 0.717) is 6.54 Å². The Balaban J connectivity index is 2.68. The summed E-state index contributed by atoms with van der Waals surface area (Å²) in [6, 6.07) is 1.87. The molecule has 0 aliphatic carbocycles. The van der Waals surface area contributed by atoms with E-state index in [9.17, 15) is 0 Å². The van der Waals surface area contributed by atoms with E-state index < -0.39 is 0 Å². The zero-order chi connectivity index (χ0) is 9.52. The Kier molecular flexibility index (Phi) is 4.02. The molecule has 0 saturated carbocycles. The van der Waals surface area contributed by atoms with Gasteiger partial charge in [0.2, 0.25) is 0 Å². The van der Waals surface area contributed by atoms with E-state index >= 15 is 0 Å². The minimum Gasteiger partial charge on any atom is -0.264 e. The largest absolute Gasteiger partial charge is 0.264 e. The summed E-state index contributed by atoms with van der Waals surface area (Å²) < 4.78 is 0.923. The first-order chi connectivity index (χ1) is 6.34. The van der Waals surface area contributed by atoms with E-state index in [1.54, 1.807) is 18.5 Å². The van der Waals surface area contributed by atoms with Crippen molar-refractivity contribution in [3.05, 3.63) is 45.0 Å². The van der Waals surface area contributed by atoms with E-state index in [1.165, 1.54) is 0 Å². The molecule has 0 fully saturated rings. The Bertz CT molecular complexity index is 355. The second kappa shape index (κ2) is 5.35. The van der Waals surface area contributed by atoms with Gasteiger partial charge in [0, 0.05) is 28.3 Å². The highest BCUT2D eigenvalue weighted by Gasteiger charge is 1.91. The van der Waals surface area contributed by atoms with Crippen molar-refractivity contribution < 1.29 is 0 Å². The van der Waals surface area contributed by atoms with E-state index in [0.717, 1.165) is 10.0 Å². The van der Waals surface area contributed by atoms with Crippen LogP contribution in [0.1, 0.15) is 5.56 Å². The van der Waals surface area contributed by atoms with Gasteiger partial charge in [0.1, 0.15) is 0 Å². The fraction of sp³-hybridized carbons (Fsp3) is 0.125. The van der Waals surface area contributed by atoms with Gasteiger partial charge in [-0.25, -0.2) is 0 Å². The molecule has 0 N–H and O–H groups in total. The molecule has 0 bridgehead atoms. The number of rotatable bonds is 3. The molecule has 1 rings (SSSR count). The number of hydrogen-bond donors (Lipinski definition) is 0. The lowest BCUT2D eigenvalue weighted by molar-refractivity contribution is 1.22. The monoisotopic (exact) mass is 238 g/mol. The van der Waals surface area contributed by atoms with Crippen molar-refractivity contribution in [2.24, 2.45) is 5.11 Å². The Morgan fingerprint density at radius 2 is 2.54 bits per heavy atom. The molecule has 66 valence electrons. The topological polar surface area (TPSA) is 61.7 Å². The average Bonchev–Trinajstić information content (AvgIpc) is 2.15. The number of aromatic nitrogens is 1. The molecule has 5 heteroatoms. The molecule has 0 saturated heterocycles. The first-order valence-corrected chi connectivity index (χ1v) is 4.41. The van der Waals surface area contributed by atoms with E-state index in [-0.39, 0.29) is 0 Å². The van der Waals surface area contributed by atoms with Gasteiger partial charge in [0.05, 0.1) is 0 Å². The molecule has 0 spiro atoms. The third-order valence-corrected chi connectivity index (χ3v) is 2.01. The normalized spacial score (nSPS) is 9.92. The standard InChI is InChI=1S/C8H7BrN4/c9-8-6-11-5-3-7(8)2-1-4-12-13-10/h1-3,5-6H,4H2. The van der Waals surface area contributed by atoms with Crippen LogP contribution in [0.4, 0.5) is 0 Å². The summed E-state index contributed by atoms with van der Waals surface area (Å²) in [5, 5.41) is 3.38. The molecule has 4 nitrogen and oxygen atoms in total. The Morgan fingerprint density at radius 1 is 1.69 bits per heavy atom. The molecule has 13 heavy (non-hydrogen) atoms. The SMILES string of the molecule is [N-]=[N+]=NCC=Cc1ccncc1Br. The minimum absolute atomic E-state index is 0.366. The molecular formula is C8H7BrN4. The first kappa shape index (κ1) is 9.77. The van der Waals surface area contributed by atoms with Crippen LogP contribution in [0.25, 0.3) is 16.5 Å². The summed E-state index contributed by atoms with van der Waals surface area (Å²) in [7, 11) is 0. The molecule has 0 unspecified atom stereocenters. The van der Waals surface area contributed by atoms with Crippen LogP contribution in [0.3, 0.4) is 0 Å². The summed E-state index contributed by atoms with van der Waals surface area (Å²) in [5.74, 6) is 0. The zero-order valence-corrected chi connectivity index (χ0v) is 8.35. The lowest BCUT2D eigenvalue weighted by Crippen LogP contribution is -1.77.